The molecule has 3 aromatic rings. The van der Waals surface area contributed by atoms with E-state index in [2.05, 4.69) is 4.72 Å². The van der Waals surface area contributed by atoms with Crippen molar-refractivity contribution in [1.29, 1.82) is 0 Å². The van der Waals surface area contributed by atoms with Crippen molar-refractivity contribution in [1.82, 2.24) is 4.57 Å². The average Bonchev–Trinajstić information content (AvgIpc) is 3.02. The van der Waals surface area contributed by atoms with Crippen LogP contribution in [0.1, 0.15) is 10.5 Å². The van der Waals surface area contributed by atoms with E-state index < -0.39 is 16.0 Å². The first-order chi connectivity index (χ1) is 12.9. The molecule has 0 aliphatic heterocycles. The maximum atomic E-state index is 12.9. The van der Waals surface area contributed by atoms with E-state index in [4.69, 9.17) is 9.47 Å². The molecular weight excluding hydrogens is 372 g/mol. The van der Waals surface area contributed by atoms with Crippen LogP contribution in [0, 0.1) is 0 Å². The topological polar surface area (TPSA) is 107 Å². The molecule has 2 N–H and O–H groups in total. The second kappa shape index (κ2) is 7.29. The number of benzene rings is 2. The summed E-state index contributed by atoms with van der Waals surface area (Å²) < 4.78 is 39.9. The van der Waals surface area contributed by atoms with Crippen LogP contribution in [0.2, 0.25) is 0 Å². The minimum atomic E-state index is -3.97. The van der Waals surface area contributed by atoms with Crippen molar-refractivity contribution < 1.29 is 27.8 Å². The summed E-state index contributed by atoms with van der Waals surface area (Å²) >= 11 is 0. The van der Waals surface area contributed by atoms with Gasteiger partial charge in [0.1, 0.15) is 23.1 Å². The van der Waals surface area contributed by atoms with Crippen LogP contribution in [0.25, 0.3) is 10.9 Å². The van der Waals surface area contributed by atoms with Gasteiger partial charge in [0.2, 0.25) is 0 Å². The number of hydrogen-bond donors (Lipinski definition) is 2. The quantitative estimate of drug-likeness (QED) is 0.642. The van der Waals surface area contributed by atoms with Gasteiger partial charge in [-0.05, 0) is 24.3 Å². The SMILES string of the molecule is COCn1c(C(=O)O)cc2cccc(NS(=O)(=O)c3ccccc3OC)c21. The van der Waals surface area contributed by atoms with E-state index in [1.807, 2.05) is 0 Å². The van der Waals surface area contributed by atoms with E-state index in [-0.39, 0.29) is 28.8 Å². The van der Waals surface area contributed by atoms with Gasteiger partial charge in [-0.3, -0.25) is 4.72 Å². The number of anilines is 1. The molecule has 0 bridgehead atoms. The summed E-state index contributed by atoms with van der Waals surface area (Å²) in [5, 5.41) is 10.0. The van der Waals surface area contributed by atoms with Gasteiger partial charge >= 0.3 is 5.97 Å². The molecule has 8 nitrogen and oxygen atoms in total. The minimum absolute atomic E-state index is 0.00390. The van der Waals surface area contributed by atoms with Crippen molar-refractivity contribution in [2.24, 2.45) is 0 Å². The zero-order valence-corrected chi connectivity index (χ0v) is 15.5. The van der Waals surface area contributed by atoms with E-state index in [9.17, 15) is 18.3 Å². The molecule has 0 atom stereocenters. The first-order valence-electron chi connectivity index (χ1n) is 7.89. The van der Waals surface area contributed by atoms with Crippen LogP contribution >= 0.6 is 0 Å². The highest BCUT2D eigenvalue weighted by Crippen LogP contribution is 2.31. The van der Waals surface area contributed by atoms with E-state index >= 15 is 0 Å². The number of aromatic carboxylic acids is 1. The summed E-state index contributed by atoms with van der Waals surface area (Å²) in [7, 11) is -1.15. The first kappa shape index (κ1) is 18.7. The summed E-state index contributed by atoms with van der Waals surface area (Å²) in [6.45, 7) is -0.0431. The van der Waals surface area contributed by atoms with Crippen molar-refractivity contribution in [2.75, 3.05) is 18.9 Å². The number of ether oxygens (including phenoxy) is 2. The molecule has 0 spiro atoms. The summed E-state index contributed by atoms with van der Waals surface area (Å²) in [5.41, 5.74) is 0.647. The third-order valence-corrected chi connectivity index (χ3v) is 5.41. The number of nitrogens with zero attached hydrogens (tertiary/aromatic N) is 1. The lowest BCUT2D eigenvalue weighted by Crippen LogP contribution is -2.16. The van der Waals surface area contributed by atoms with Crippen LogP contribution in [0.3, 0.4) is 0 Å². The summed E-state index contributed by atoms with van der Waals surface area (Å²) in [5.74, 6) is -0.933. The van der Waals surface area contributed by atoms with Gasteiger partial charge in [-0.2, -0.15) is 0 Å². The van der Waals surface area contributed by atoms with E-state index in [1.165, 1.54) is 30.9 Å². The molecule has 0 amide bonds. The largest absolute Gasteiger partial charge is 0.495 e. The molecule has 1 heterocycles. The Morgan fingerprint density at radius 2 is 1.89 bits per heavy atom. The van der Waals surface area contributed by atoms with Gasteiger partial charge < -0.3 is 19.1 Å². The number of methoxy groups -OCH3 is 2. The third kappa shape index (κ3) is 3.46. The molecule has 0 aliphatic carbocycles. The second-order valence-corrected chi connectivity index (χ2v) is 7.33. The van der Waals surface area contributed by atoms with Crippen LogP contribution in [-0.2, 0) is 21.5 Å². The van der Waals surface area contributed by atoms with Crippen molar-refractivity contribution in [3.8, 4) is 5.75 Å². The second-order valence-electron chi connectivity index (χ2n) is 5.68. The smallest absolute Gasteiger partial charge is 0.352 e. The Bertz CT molecular complexity index is 1100. The van der Waals surface area contributed by atoms with Crippen molar-refractivity contribution in [3.63, 3.8) is 0 Å². The third-order valence-electron chi connectivity index (χ3n) is 4.00. The van der Waals surface area contributed by atoms with Crippen molar-refractivity contribution in [3.05, 3.63) is 54.2 Å². The molecule has 0 aliphatic rings. The highest BCUT2D eigenvalue weighted by Gasteiger charge is 2.23. The number of rotatable bonds is 7. The van der Waals surface area contributed by atoms with Gasteiger partial charge in [0.25, 0.3) is 10.0 Å². The van der Waals surface area contributed by atoms with Crippen molar-refractivity contribution in [2.45, 2.75) is 11.6 Å². The molecule has 0 saturated heterocycles. The Morgan fingerprint density at radius 3 is 2.56 bits per heavy atom. The van der Waals surface area contributed by atoms with Crippen LogP contribution in [0.15, 0.2) is 53.4 Å². The van der Waals surface area contributed by atoms with Gasteiger partial charge in [0.05, 0.1) is 18.3 Å². The van der Waals surface area contributed by atoms with Gasteiger partial charge in [-0.15, -0.1) is 0 Å². The normalized spacial score (nSPS) is 11.5. The highest BCUT2D eigenvalue weighted by atomic mass is 32.2. The number of fused-ring (bicyclic) bond motifs is 1. The number of sulfonamides is 1. The Hall–Kier alpha value is -3.04. The number of carboxylic acids is 1. The predicted octanol–water partition coefficient (Wildman–Crippen LogP) is 2.75. The Labute approximate surface area is 156 Å². The number of nitrogens with one attached hydrogen (secondary N) is 1. The van der Waals surface area contributed by atoms with E-state index in [0.717, 1.165) is 0 Å². The summed E-state index contributed by atoms with van der Waals surface area (Å²) in [4.78, 5) is 11.5. The molecule has 0 radical (unpaired) electrons. The average molecular weight is 390 g/mol. The molecule has 1 aromatic heterocycles. The fourth-order valence-electron chi connectivity index (χ4n) is 2.89. The fraction of sp³-hybridized carbons (Fsp3) is 0.167. The molecule has 142 valence electrons. The number of carboxylic acid groups (broad SMARTS) is 1. The zero-order chi connectivity index (χ0) is 19.6. The summed E-state index contributed by atoms with van der Waals surface area (Å²) in [6.07, 6.45) is 0. The van der Waals surface area contributed by atoms with Gasteiger partial charge in [0, 0.05) is 12.5 Å². The Balaban J connectivity index is 2.16. The number of para-hydroxylation sites is 2. The lowest BCUT2D eigenvalue weighted by Gasteiger charge is -2.14. The lowest BCUT2D eigenvalue weighted by molar-refractivity contribution is 0.0664. The maximum Gasteiger partial charge on any atom is 0.352 e. The number of carbonyl (C=O) groups is 1. The fourth-order valence-corrected chi connectivity index (χ4v) is 4.13. The van der Waals surface area contributed by atoms with Crippen LogP contribution in [-0.4, -0.2) is 38.3 Å². The molecule has 27 heavy (non-hydrogen) atoms. The molecule has 0 saturated carbocycles. The standard InChI is InChI=1S/C18H18N2O6S/c1-25-11-20-14(18(21)22)10-12-6-5-7-13(17(12)20)19-27(23,24)16-9-4-3-8-15(16)26-2/h3-10,19H,11H2,1-2H3,(H,21,22). The van der Waals surface area contributed by atoms with E-state index in [0.29, 0.717) is 10.9 Å². The first-order valence-corrected chi connectivity index (χ1v) is 9.37. The molecular formula is C18H18N2O6S. The molecule has 0 fully saturated rings. The van der Waals surface area contributed by atoms with Gasteiger partial charge in [-0.25, -0.2) is 13.2 Å². The Kier molecular flexibility index (Phi) is 5.06. The molecule has 9 heteroatoms. The summed E-state index contributed by atoms with van der Waals surface area (Å²) in [6, 6.07) is 12.6. The molecule has 2 aromatic carbocycles. The Morgan fingerprint density at radius 1 is 1.15 bits per heavy atom. The molecule has 3 rings (SSSR count). The van der Waals surface area contributed by atoms with Crippen LogP contribution < -0.4 is 9.46 Å². The highest BCUT2D eigenvalue weighted by molar-refractivity contribution is 7.92. The predicted molar refractivity (Wildman–Crippen MR) is 99.7 cm³/mol. The maximum absolute atomic E-state index is 12.9. The molecule has 0 unspecified atom stereocenters. The van der Waals surface area contributed by atoms with Crippen molar-refractivity contribution >= 4 is 32.6 Å². The van der Waals surface area contributed by atoms with Gasteiger partial charge in [-0.1, -0.05) is 24.3 Å². The van der Waals surface area contributed by atoms with Crippen LogP contribution in [0.4, 0.5) is 5.69 Å². The van der Waals surface area contributed by atoms with Gasteiger partial charge in [0.15, 0.2) is 0 Å². The number of aromatic nitrogens is 1. The lowest BCUT2D eigenvalue weighted by atomic mass is 10.2. The minimum Gasteiger partial charge on any atom is -0.495 e. The monoisotopic (exact) mass is 390 g/mol. The van der Waals surface area contributed by atoms with Crippen LogP contribution in [0.5, 0.6) is 5.75 Å². The number of hydrogen-bond acceptors (Lipinski definition) is 5. The van der Waals surface area contributed by atoms with E-state index in [1.54, 1.807) is 36.4 Å². The zero-order valence-electron chi connectivity index (χ0n) is 14.7.